The smallest absolute Gasteiger partial charge is 0.361 e. The average molecular weight is 588 g/mol. The third kappa shape index (κ3) is 4.62. The van der Waals surface area contributed by atoms with E-state index in [1.54, 1.807) is 0 Å². The van der Waals surface area contributed by atoms with Crippen LogP contribution in [0.4, 0.5) is 0 Å². The van der Waals surface area contributed by atoms with E-state index in [0.717, 1.165) is 0 Å². The van der Waals surface area contributed by atoms with Gasteiger partial charge in [-0.2, -0.15) is 0 Å². The van der Waals surface area contributed by atoms with Crippen molar-refractivity contribution in [2.75, 3.05) is 0 Å². The number of rotatable bonds is 6. The maximum absolute atomic E-state index is 2.55. The van der Waals surface area contributed by atoms with Crippen LogP contribution in [0.2, 0.25) is 0 Å². The lowest BCUT2D eigenvalue weighted by molar-refractivity contribution is -0.539. The number of hydrogen-bond acceptors (Lipinski definition) is 0. The summed E-state index contributed by atoms with van der Waals surface area (Å²) in [4.78, 5) is 0. The molecule has 46 heavy (non-hydrogen) atoms. The van der Waals surface area contributed by atoms with Gasteiger partial charge in [0.2, 0.25) is 0 Å². The first kappa shape index (κ1) is 27.8. The number of allylic oxidation sites excluding steroid dienone is 1. The fourth-order valence-corrected chi connectivity index (χ4v) is 7.65. The van der Waals surface area contributed by atoms with E-state index >= 15 is 0 Å². The minimum atomic E-state index is -1.57. The molecule has 0 radical (unpaired) electrons. The topological polar surface area (TPSA) is 3.88 Å². The first-order valence-corrected chi connectivity index (χ1v) is 16.1. The second-order valence-electron chi connectivity index (χ2n) is 12.3. The van der Waals surface area contributed by atoms with Crippen LogP contribution in [0.3, 0.4) is 0 Å². The van der Waals surface area contributed by atoms with Crippen molar-refractivity contribution in [3.05, 3.63) is 199 Å². The molecule has 1 aliphatic heterocycles. The van der Waals surface area contributed by atoms with Crippen LogP contribution in [-0.4, -0.2) is 6.28 Å². The van der Waals surface area contributed by atoms with Gasteiger partial charge in [-0.25, -0.2) is 0 Å². The molecule has 218 valence electrons. The Morgan fingerprint density at radius 2 is 0.696 bits per heavy atom. The van der Waals surface area contributed by atoms with Gasteiger partial charge >= 0.3 is 6.28 Å². The van der Waals surface area contributed by atoms with E-state index < -0.39 is 6.28 Å². The van der Waals surface area contributed by atoms with Gasteiger partial charge in [0.05, 0.1) is 0 Å². The summed E-state index contributed by atoms with van der Waals surface area (Å²) in [7, 11) is 0. The quantitative estimate of drug-likeness (QED) is 0.171. The van der Waals surface area contributed by atoms with Gasteiger partial charge in [-0.05, 0) is 51.9 Å². The van der Waals surface area contributed by atoms with E-state index in [2.05, 4.69) is 200 Å². The maximum Gasteiger partial charge on any atom is 0.361 e. The van der Waals surface area contributed by atoms with Crippen LogP contribution in [0.15, 0.2) is 188 Å². The molecule has 0 N–H and O–H groups in total. The van der Waals surface area contributed by atoms with Crippen LogP contribution in [-0.2, 0) is 0 Å². The molecule has 0 saturated carbocycles. The molecule has 0 spiro atoms. The Labute approximate surface area is 271 Å². The third-order valence-electron chi connectivity index (χ3n) is 9.82. The van der Waals surface area contributed by atoms with Gasteiger partial charge in [0, 0.05) is 6.07 Å². The standard InChI is InChI=1S/C44H34BN/c1-33-43-19-11-12-32-46(43)45(41-28-24-38(25-29-41)35-15-7-3-8-16-35,42-30-26-39(27-31-42)36-17-9-4-10-18-36)44(33)40-22-20-37(21-23-40)34-13-5-2-6-14-34/h2-32H,1H3. The predicted molar refractivity (Wildman–Crippen MR) is 195 cm³/mol. The summed E-state index contributed by atoms with van der Waals surface area (Å²) >= 11 is 0. The van der Waals surface area contributed by atoms with Crippen LogP contribution < -0.4 is 15.4 Å². The molecular weight excluding hydrogens is 553 g/mol. The summed E-state index contributed by atoms with van der Waals surface area (Å²) in [6.45, 7) is 2.30. The molecule has 1 aromatic heterocycles. The zero-order valence-electron chi connectivity index (χ0n) is 25.9. The van der Waals surface area contributed by atoms with Crippen molar-refractivity contribution in [2.45, 2.75) is 6.92 Å². The van der Waals surface area contributed by atoms with Crippen LogP contribution in [0, 0.1) is 0 Å². The summed E-state index contributed by atoms with van der Waals surface area (Å²) in [5.74, 6) is 0. The molecule has 0 saturated heterocycles. The first-order valence-electron chi connectivity index (χ1n) is 16.1. The second kappa shape index (κ2) is 11.7. The van der Waals surface area contributed by atoms with Crippen molar-refractivity contribution in [3.8, 4) is 33.4 Å². The highest BCUT2D eigenvalue weighted by molar-refractivity contribution is 7.10. The molecule has 8 rings (SSSR count). The molecule has 7 aromatic rings. The molecule has 2 heteroatoms. The van der Waals surface area contributed by atoms with Crippen LogP contribution in [0.5, 0.6) is 0 Å². The van der Waals surface area contributed by atoms with Crippen molar-refractivity contribution < 1.29 is 4.48 Å². The Bertz CT molecular complexity index is 2070. The summed E-state index contributed by atoms with van der Waals surface area (Å²) in [5.41, 5.74) is 15.1. The molecule has 0 fully saturated rings. The molecule has 0 aliphatic carbocycles. The first-order chi connectivity index (χ1) is 22.7. The Kier molecular flexibility index (Phi) is 7.04. The van der Waals surface area contributed by atoms with E-state index in [9.17, 15) is 0 Å². The molecule has 1 aliphatic rings. The van der Waals surface area contributed by atoms with Crippen molar-refractivity contribution in [2.24, 2.45) is 0 Å². The van der Waals surface area contributed by atoms with Gasteiger partial charge < -0.3 is 4.48 Å². The monoisotopic (exact) mass is 587 g/mol. The average Bonchev–Trinajstić information content (AvgIpc) is 3.42. The van der Waals surface area contributed by atoms with E-state index in [4.69, 9.17) is 0 Å². The van der Waals surface area contributed by atoms with Crippen LogP contribution >= 0.6 is 0 Å². The Morgan fingerprint density at radius 3 is 1.13 bits per heavy atom. The van der Waals surface area contributed by atoms with Crippen molar-refractivity contribution in [1.29, 1.82) is 0 Å². The van der Waals surface area contributed by atoms with E-state index in [0.29, 0.717) is 0 Å². The highest BCUT2D eigenvalue weighted by Crippen LogP contribution is 2.38. The summed E-state index contributed by atoms with van der Waals surface area (Å²) in [5, 5.41) is 0. The predicted octanol–water partition coefficient (Wildman–Crippen LogP) is 9.07. The van der Waals surface area contributed by atoms with E-state index in [1.165, 1.54) is 66.6 Å². The molecular formula is C44H34BN. The van der Waals surface area contributed by atoms with Gasteiger partial charge in [0.1, 0.15) is 6.20 Å². The molecule has 0 bridgehead atoms. The van der Waals surface area contributed by atoms with Gasteiger partial charge in [-0.1, -0.05) is 175 Å². The number of fused-ring (bicyclic) bond motifs is 1. The van der Waals surface area contributed by atoms with Crippen molar-refractivity contribution in [1.82, 2.24) is 0 Å². The number of nitrogens with zero attached hydrogens (tertiary/aromatic N) is 1. The lowest BCUT2D eigenvalue weighted by atomic mass is 9.23. The fraction of sp³-hybridized carbons (Fsp3) is 0.0227. The lowest BCUT2D eigenvalue weighted by Crippen LogP contribution is -2.78. The van der Waals surface area contributed by atoms with Crippen LogP contribution in [0.1, 0.15) is 18.2 Å². The Hall–Kier alpha value is -5.73. The minimum Gasteiger partial charge on any atom is -0.408 e. The number of pyridine rings is 1. The molecule has 0 unspecified atom stereocenters. The van der Waals surface area contributed by atoms with E-state index in [1.807, 2.05) is 0 Å². The number of aromatic nitrogens is 1. The SMILES string of the molecule is CC1=C(c2ccc(-c3ccccc3)cc2)[B-](c2ccc(-c3ccccc3)cc2)(c2ccc(-c3ccccc3)cc2)[n+]2ccccc21. The van der Waals surface area contributed by atoms with Crippen molar-refractivity contribution >= 4 is 28.3 Å². The minimum absolute atomic E-state index is 1.22. The normalized spacial score (nSPS) is 13.4. The molecule has 6 aromatic carbocycles. The second-order valence-corrected chi connectivity index (χ2v) is 12.3. The van der Waals surface area contributed by atoms with Gasteiger partial charge in [0.25, 0.3) is 0 Å². The number of benzene rings is 6. The van der Waals surface area contributed by atoms with Crippen LogP contribution in [0.25, 0.3) is 44.4 Å². The van der Waals surface area contributed by atoms with E-state index in [-0.39, 0.29) is 0 Å². The van der Waals surface area contributed by atoms with Crippen molar-refractivity contribution in [3.63, 3.8) is 0 Å². The summed E-state index contributed by atoms with van der Waals surface area (Å²) in [6, 6.07) is 66.3. The maximum atomic E-state index is 2.55. The Morgan fingerprint density at radius 1 is 0.348 bits per heavy atom. The summed E-state index contributed by atoms with van der Waals surface area (Å²) < 4.78 is 2.55. The highest BCUT2D eigenvalue weighted by atomic mass is 14.9. The lowest BCUT2D eigenvalue weighted by Gasteiger charge is -2.36. The number of hydrogen-bond donors (Lipinski definition) is 0. The summed E-state index contributed by atoms with van der Waals surface area (Å²) in [6.07, 6.45) is 0.711. The third-order valence-corrected chi connectivity index (χ3v) is 9.82. The zero-order chi connectivity index (χ0) is 30.9. The molecule has 2 heterocycles. The van der Waals surface area contributed by atoms with Gasteiger partial charge in [0.15, 0.2) is 5.69 Å². The molecule has 1 nitrogen and oxygen atoms in total. The largest absolute Gasteiger partial charge is 0.408 e. The molecule has 0 atom stereocenters. The van der Waals surface area contributed by atoms with Gasteiger partial charge in [-0.15, -0.1) is 16.4 Å². The van der Waals surface area contributed by atoms with Gasteiger partial charge in [-0.3, -0.25) is 0 Å². The Balaban J connectivity index is 1.36. The molecule has 0 amide bonds. The zero-order valence-corrected chi connectivity index (χ0v) is 25.9. The highest BCUT2D eigenvalue weighted by Gasteiger charge is 2.50. The fourth-order valence-electron chi connectivity index (χ4n) is 7.65.